The van der Waals surface area contributed by atoms with Gasteiger partial charge in [0.25, 0.3) is 5.91 Å². The van der Waals surface area contributed by atoms with Gasteiger partial charge in [-0.1, -0.05) is 37.1 Å². The Labute approximate surface area is 207 Å². The van der Waals surface area contributed by atoms with Gasteiger partial charge in [-0.3, -0.25) is 19.3 Å². The zero-order valence-corrected chi connectivity index (χ0v) is 20.5. The number of aromatic nitrogens is 4. The van der Waals surface area contributed by atoms with Gasteiger partial charge in [0.15, 0.2) is 5.76 Å². The lowest BCUT2D eigenvalue weighted by Gasteiger charge is -2.15. The molecule has 4 rings (SSSR count). The molecule has 3 aromatic heterocycles. The minimum Gasteiger partial charge on any atom is -0.438 e. The van der Waals surface area contributed by atoms with Crippen molar-refractivity contribution in [3.05, 3.63) is 65.2 Å². The molecule has 182 valence electrons. The second-order valence-electron chi connectivity index (χ2n) is 8.18. The van der Waals surface area contributed by atoms with E-state index in [1.165, 1.54) is 11.3 Å². The van der Waals surface area contributed by atoms with E-state index < -0.39 is 0 Å². The third-order valence-electron chi connectivity index (χ3n) is 5.64. The Morgan fingerprint density at radius 3 is 2.57 bits per heavy atom. The largest absolute Gasteiger partial charge is 0.438 e. The van der Waals surface area contributed by atoms with E-state index in [0.29, 0.717) is 29.4 Å². The van der Waals surface area contributed by atoms with Crippen molar-refractivity contribution in [3.8, 4) is 22.6 Å². The van der Waals surface area contributed by atoms with Gasteiger partial charge >= 0.3 is 0 Å². The Balaban J connectivity index is 1.45. The topological polar surface area (TPSA) is 115 Å². The van der Waals surface area contributed by atoms with E-state index in [0.717, 1.165) is 36.1 Å². The average Bonchev–Trinajstić information content (AvgIpc) is 3.65. The van der Waals surface area contributed by atoms with Crippen molar-refractivity contribution >= 4 is 23.2 Å². The van der Waals surface area contributed by atoms with Crippen LogP contribution >= 0.6 is 11.3 Å². The molecule has 0 aliphatic rings. The number of thiazole rings is 1. The highest BCUT2D eigenvalue weighted by Crippen LogP contribution is 2.28. The molecule has 0 aliphatic heterocycles. The molecule has 0 bridgehead atoms. The lowest BCUT2D eigenvalue weighted by Crippen LogP contribution is -2.28. The molecule has 35 heavy (non-hydrogen) atoms. The number of nitrogens with zero attached hydrogens (tertiary/aromatic N) is 4. The third-order valence-corrected chi connectivity index (χ3v) is 6.41. The van der Waals surface area contributed by atoms with Crippen LogP contribution in [-0.2, 0) is 11.8 Å². The van der Waals surface area contributed by atoms with E-state index in [2.05, 4.69) is 25.7 Å². The van der Waals surface area contributed by atoms with E-state index in [-0.39, 0.29) is 17.9 Å². The van der Waals surface area contributed by atoms with E-state index in [1.54, 1.807) is 29.6 Å². The van der Waals surface area contributed by atoms with Crippen molar-refractivity contribution in [3.63, 3.8) is 0 Å². The molecule has 0 radical (unpaired) electrons. The molecule has 0 unspecified atom stereocenters. The second kappa shape index (κ2) is 11.6. The maximum Gasteiger partial charge on any atom is 0.263 e. The summed E-state index contributed by atoms with van der Waals surface area (Å²) >= 11 is 1.28. The molecule has 2 amide bonds. The number of oxazole rings is 1. The molecule has 10 heteroatoms. The van der Waals surface area contributed by atoms with Gasteiger partial charge in [0.2, 0.25) is 11.8 Å². The molecule has 3 heterocycles. The Kier molecular flexibility index (Phi) is 8.04. The zero-order valence-electron chi connectivity index (χ0n) is 19.7. The van der Waals surface area contributed by atoms with Crippen LogP contribution in [0.1, 0.15) is 53.7 Å². The summed E-state index contributed by atoms with van der Waals surface area (Å²) < 4.78 is 7.86. The highest BCUT2D eigenvalue weighted by Gasteiger charge is 2.22. The Bertz CT molecular complexity index is 1250. The van der Waals surface area contributed by atoms with Gasteiger partial charge in [0.1, 0.15) is 10.9 Å². The summed E-state index contributed by atoms with van der Waals surface area (Å²) in [6, 6.07) is 9.51. The van der Waals surface area contributed by atoms with Crippen LogP contribution in [0, 0.1) is 0 Å². The summed E-state index contributed by atoms with van der Waals surface area (Å²) in [4.78, 5) is 33.1. The average molecular weight is 493 g/mol. The fraction of sp³-hybridized carbons (Fsp3) is 0.320. The predicted molar refractivity (Wildman–Crippen MR) is 134 cm³/mol. The molecule has 0 saturated heterocycles. The Hall–Kier alpha value is -3.79. The van der Waals surface area contributed by atoms with Crippen molar-refractivity contribution < 1.29 is 14.0 Å². The van der Waals surface area contributed by atoms with Crippen LogP contribution in [0.2, 0.25) is 0 Å². The number of carbonyl (C=O) groups is 2. The molecule has 2 N–H and O–H groups in total. The minimum atomic E-state index is -0.383. The Morgan fingerprint density at radius 1 is 1.09 bits per heavy atom. The Morgan fingerprint density at radius 2 is 1.89 bits per heavy atom. The highest BCUT2D eigenvalue weighted by molar-refractivity contribution is 7.11. The van der Waals surface area contributed by atoms with Gasteiger partial charge in [0, 0.05) is 37.8 Å². The standard InChI is InChI=1S/C25H28N6O3S/c1-26-23(32)7-5-3-4-6-20(29-24(33)22-15-27-16-35-22)25-28-14-21(34-25)18-10-8-17(9-11-18)19-12-13-31(2)30-19/h8-16,20H,3-7H2,1-2H3,(H,26,32)(H,29,33)/t20-/m1/s1. The number of hydrogen-bond donors (Lipinski definition) is 2. The molecule has 0 aliphatic carbocycles. The lowest BCUT2D eigenvalue weighted by atomic mass is 10.1. The third kappa shape index (κ3) is 6.42. The van der Waals surface area contributed by atoms with Gasteiger partial charge in [0.05, 0.1) is 23.6 Å². The van der Waals surface area contributed by atoms with Crippen LogP contribution in [0.4, 0.5) is 0 Å². The number of carbonyl (C=O) groups excluding carboxylic acids is 2. The van der Waals surface area contributed by atoms with Crippen molar-refractivity contribution in [2.24, 2.45) is 7.05 Å². The summed E-state index contributed by atoms with van der Waals surface area (Å²) in [5, 5.41) is 10.1. The first-order valence-corrected chi connectivity index (χ1v) is 12.4. The van der Waals surface area contributed by atoms with E-state index >= 15 is 0 Å². The first kappa shape index (κ1) is 24.3. The first-order chi connectivity index (χ1) is 17.0. The van der Waals surface area contributed by atoms with E-state index in [1.807, 2.05) is 43.6 Å². The summed E-state index contributed by atoms with van der Waals surface area (Å²) in [6.45, 7) is 0. The monoisotopic (exact) mass is 492 g/mol. The molecule has 1 aromatic carbocycles. The molecule has 1 atom stereocenters. The fourth-order valence-electron chi connectivity index (χ4n) is 3.71. The molecular formula is C25H28N6O3S. The molecule has 0 spiro atoms. The van der Waals surface area contributed by atoms with Crippen LogP contribution in [0.3, 0.4) is 0 Å². The summed E-state index contributed by atoms with van der Waals surface area (Å²) in [5.41, 5.74) is 4.43. The zero-order chi connectivity index (χ0) is 24.6. The molecule has 9 nitrogen and oxygen atoms in total. The van der Waals surface area contributed by atoms with Crippen molar-refractivity contribution in [1.29, 1.82) is 0 Å². The van der Waals surface area contributed by atoms with Crippen molar-refractivity contribution in [2.75, 3.05) is 7.05 Å². The van der Waals surface area contributed by atoms with Crippen LogP contribution in [0.5, 0.6) is 0 Å². The van der Waals surface area contributed by atoms with E-state index in [9.17, 15) is 9.59 Å². The number of benzene rings is 1. The predicted octanol–water partition coefficient (Wildman–Crippen LogP) is 4.37. The number of unbranched alkanes of at least 4 members (excludes halogenated alkanes) is 2. The van der Waals surface area contributed by atoms with Gasteiger partial charge < -0.3 is 15.1 Å². The highest BCUT2D eigenvalue weighted by atomic mass is 32.1. The smallest absolute Gasteiger partial charge is 0.263 e. The van der Waals surface area contributed by atoms with E-state index in [4.69, 9.17) is 4.42 Å². The number of nitrogens with one attached hydrogen (secondary N) is 2. The van der Waals surface area contributed by atoms with Crippen LogP contribution in [0.25, 0.3) is 22.6 Å². The molecule has 0 fully saturated rings. The van der Waals surface area contributed by atoms with Crippen molar-refractivity contribution in [2.45, 2.75) is 38.1 Å². The minimum absolute atomic E-state index is 0.0338. The molecule has 4 aromatic rings. The molecular weight excluding hydrogens is 464 g/mol. The normalized spacial score (nSPS) is 11.8. The second-order valence-corrected chi connectivity index (χ2v) is 9.07. The summed E-state index contributed by atoms with van der Waals surface area (Å²) in [6.07, 6.45) is 8.75. The van der Waals surface area contributed by atoms with Gasteiger partial charge in [-0.05, 0) is 18.9 Å². The van der Waals surface area contributed by atoms with Crippen molar-refractivity contribution in [1.82, 2.24) is 30.4 Å². The quantitative estimate of drug-likeness (QED) is 0.301. The maximum absolute atomic E-state index is 12.7. The summed E-state index contributed by atoms with van der Waals surface area (Å²) in [5.74, 6) is 0.913. The van der Waals surface area contributed by atoms with Gasteiger partial charge in [-0.15, -0.1) is 11.3 Å². The maximum atomic E-state index is 12.7. The first-order valence-electron chi connectivity index (χ1n) is 11.5. The number of hydrogen-bond acceptors (Lipinski definition) is 7. The molecule has 0 saturated carbocycles. The lowest BCUT2D eigenvalue weighted by molar-refractivity contribution is -0.120. The number of aryl methyl sites for hydroxylation is 1. The van der Waals surface area contributed by atoms with Gasteiger partial charge in [-0.2, -0.15) is 5.10 Å². The van der Waals surface area contributed by atoms with Crippen LogP contribution in [0.15, 0.2) is 58.9 Å². The number of rotatable bonds is 11. The SMILES string of the molecule is CNC(=O)CCCCC[C@@H](NC(=O)c1cncs1)c1ncc(-c2ccc(-c3ccn(C)n3)cc2)o1. The summed E-state index contributed by atoms with van der Waals surface area (Å²) in [7, 11) is 3.53. The van der Waals surface area contributed by atoms with Gasteiger partial charge in [-0.25, -0.2) is 4.98 Å². The van der Waals surface area contributed by atoms with Crippen LogP contribution < -0.4 is 10.6 Å². The van der Waals surface area contributed by atoms with Crippen LogP contribution in [-0.4, -0.2) is 38.6 Å². The number of amides is 2. The fourth-order valence-corrected chi connectivity index (χ4v) is 4.23.